The van der Waals surface area contributed by atoms with Crippen molar-refractivity contribution >= 4 is 11.8 Å². The molecule has 0 heterocycles. The summed E-state index contributed by atoms with van der Waals surface area (Å²) >= 11 is 0. The van der Waals surface area contributed by atoms with Crippen molar-refractivity contribution in [2.24, 2.45) is 0 Å². The van der Waals surface area contributed by atoms with Crippen LogP contribution >= 0.6 is 0 Å². The van der Waals surface area contributed by atoms with Gasteiger partial charge in [-0.05, 0) is 36.1 Å². The molecule has 2 aromatic rings. The van der Waals surface area contributed by atoms with Gasteiger partial charge in [0, 0.05) is 25.4 Å². The van der Waals surface area contributed by atoms with Gasteiger partial charge >= 0.3 is 0 Å². The summed E-state index contributed by atoms with van der Waals surface area (Å²) < 4.78 is 13.3. The summed E-state index contributed by atoms with van der Waals surface area (Å²) in [5.74, 6) is -0.503. The van der Waals surface area contributed by atoms with E-state index in [1.54, 1.807) is 24.0 Å². The minimum Gasteiger partial charge on any atom is -0.352 e. The summed E-state index contributed by atoms with van der Waals surface area (Å²) in [6.07, 6.45) is 6.20. The monoisotopic (exact) mass is 410 g/mol. The molecule has 1 unspecified atom stereocenters. The van der Waals surface area contributed by atoms with Crippen LogP contribution in [0.3, 0.4) is 0 Å². The Balaban J connectivity index is 1.85. The number of amides is 2. The Labute approximate surface area is 178 Å². The van der Waals surface area contributed by atoms with Crippen LogP contribution in [0.5, 0.6) is 0 Å². The molecule has 2 amide bonds. The van der Waals surface area contributed by atoms with Crippen LogP contribution in [0.25, 0.3) is 0 Å². The molecule has 4 nitrogen and oxygen atoms in total. The molecular weight excluding hydrogens is 379 g/mol. The molecule has 1 aliphatic rings. The molecule has 1 fully saturated rings. The molecule has 30 heavy (non-hydrogen) atoms. The third kappa shape index (κ3) is 6.15. The average molecular weight is 411 g/mol. The smallest absolute Gasteiger partial charge is 0.243 e. The second kappa shape index (κ2) is 10.9. The lowest BCUT2D eigenvalue weighted by atomic mass is 9.94. The van der Waals surface area contributed by atoms with Crippen LogP contribution in [0.4, 0.5) is 4.39 Å². The summed E-state index contributed by atoms with van der Waals surface area (Å²) in [6, 6.07) is 15.5. The van der Waals surface area contributed by atoms with E-state index in [0.717, 1.165) is 36.8 Å². The Morgan fingerprint density at radius 1 is 1.00 bits per heavy atom. The Hall–Kier alpha value is -2.69. The van der Waals surface area contributed by atoms with Gasteiger partial charge in [0.1, 0.15) is 11.9 Å². The van der Waals surface area contributed by atoms with Crippen LogP contribution in [-0.2, 0) is 22.6 Å². The molecule has 3 rings (SSSR count). The Bertz CT molecular complexity index is 817. The van der Waals surface area contributed by atoms with Gasteiger partial charge in [0.05, 0.1) is 0 Å². The van der Waals surface area contributed by atoms with E-state index in [1.165, 1.54) is 18.6 Å². The highest BCUT2D eigenvalue weighted by atomic mass is 19.1. The van der Waals surface area contributed by atoms with E-state index >= 15 is 0 Å². The SMILES string of the molecule is CCC(=O)N(Cc1ccc(F)cc1)C(Cc1ccccc1)C(=O)NC1CCCCC1. The number of benzene rings is 2. The van der Waals surface area contributed by atoms with Crippen molar-refractivity contribution in [3.05, 3.63) is 71.5 Å². The summed E-state index contributed by atoms with van der Waals surface area (Å²) in [5.41, 5.74) is 1.82. The van der Waals surface area contributed by atoms with Gasteiger partial charge in [0.15, 0.2) is 0 Å². The third-order valence-corrected chi connectivity index (χ3v) is 5.79. The number of halogens is 1. The number of nitrogens with one attached hydrogen (secondary N) is 1. The first-order valence-electron chi connectivity index (χ1n) is 10.9. The van der Waals surface area contributed by atoms with Crippen molar-refractivity contribution in [3.63, 3.8) is 0 Å². The highest BCUT2D eigenvalue weighted by Crippen LogP contribution is 2.20. The number of rotatable bonds is 8. The summed E-state index contributed by atoms with van der Waals surface area (Å²) in [4.78, 5) is 27.9. The molecule has 0 saturated heterocycles. The highest BCUT2D eigenvalue weighted by Gasteiger charge is 2.31. The molecule has 0 radical (unpaired) electrons. The van der Waals surface area contributed by atoms with Gasteiger partial charge in [0.2, 0.25) is 11.8 Å². The normalized spacial score (nSPS) is 15.4. The van der Waals surface area contributed by atoms with Crippen molar-refractivity contribution < 1.29 is 14.0 Å². The Kier molecular flexibility index (Phi) is 8.00. The van der Waals surface area contributed by atoms with E-state index in [0.29, 0.717) is 12.8 Å². The number of nitrogens with zero attached hydrogens (tertiary/aromatic N) is 1. The molecule has 160 valence electrons. The minimum absolute atomic E-state index is 0.0842. The van der Waals surface area contributed by atoms with E-state index in [4.69, 9.17) is 0 Å². The predicted octanol–water partition coefficient (Wildman–Crippen LogP) is 4.62. The van der Waals surface area contributed by atoms with E-state index in [-0.39, 0.29) is 30.2 Å². The molecule has 1 aliphatic carbocycles. The minimum atomic E-state index is -0.605. The van der Waals surface area contributed by atoms with Gasteiger partial charge < -0.3 is 10.2 Å². The molecule has 1 N–H and O–H groups in total. The second-order valence-corrected chi connectivity index (χ2v) is 8.05. The fourth-order valence-electron chi connectivity index (χ4n) is 4.09. The van der Waals surface area contributed by atoms with Crippen LogP contribution in [0.15, 0.2) is 54.6 Å². The maximum absolute atomic E-state index is 13.4. The van der Waals surface area contributed by atoms with Crippen LogP contribution in [-0.4, -0.2) is 28.8 Å². The highest BCUT2D eigenvalue weighted by molar-refractivity contribution is 5.88. The van der Waals surface area contributed by atoms with Crippen LogP contribution in [0.2, 0.25) is 0 Å². The zero-order valence-corrected chi connectivity index (χ0v) is 17.6. The third-order valence-electron chi connectivity index (χ3n) is 5.79. The molecule has 0 aliphatic heterocycles. The van der Waals surface area contributed by atoms with E-state index in [1.807, 2.05) is 30.3 Å². The summed E-state index contributed by atoms with van der Waals surface area (Å²) in [5, 5.41) is 3.20. The lowest BCUT2D eigenvalue weighted by molar-refractivity contribution is -0.141. The fraction of sp³-hybridized carbons (Fsp3) is 0.440. The van der Waals surface area contributed by atoms with E-state index < -0.39 is 6.04 Å². The maximum atomic E-state index is 13.4. The zero-order valence-electron chi connectivity index (χ0n) is 17.6. The van der Waals surface area contributed by atoms with Gasteiger partial charge in [-0.3, -0.25) is 9.59 Å². The van der Waals surface area contributed by atoms with Crippen molar-refractivity contribution in [3.8, 4) is 0 Å². The first-order chi connectivity index (χ1) is 14.6. The first kappa shape index (κ1) is 22.0. The van der Waals surface area contributed by atoms with Crippen molar-refractivity contribution in [2.75, 3.05) is 0 Å². The second-order valence-electron chi connectivity index (χ2n) is 8.05. The number of hydrogen-bond acceptors (Lipinski definition) is 2. The average Bonchev–Trinajstić information content (AvgIpc) is 2.78. The van der Waals surface area contributed by atoms with E-state index in [9.17, 15) is 14.0 Å². The van der Waals surface area contributed by atoms with Crippen LogP contribution in [0, 0.1) is 5.82 Å². The molecule has 0 aromatic heterocycles. The summed E-state index contributed by atoms with van der Waals surface area (Å²) in [7, 11) is 0. The maximum Gasteiger partial charge on any atom is 0.243 e. The molecular formula is C25H31FN2O2. The standard InChI is InChI=1S/C25H31FN2O2/c1-2-24(29)28(18-20-13-15-21(26)16-14-20)23(17-19-9-5-3-6-10-19)25(30)27-22-11-7-4-8-12-22/h3,5-6,9-10,13-16,22-23H,2,4,7-8,11-12,17-18H2,1H3,(H,27,30). The van der Waals surface area contributed by atoms with Gasteiger partial charge in [-0.2, -0.15) is 0 Å². The number of hydrogen-bond donors (Lipinski definition) is 1. The molecule has 0 bridgehead atoms. The summed E-state index contributed by atoms with van der Waals surface area (Å²) in [6.45, 7) is 2.08. The largest absolute Gasteiger partial charge is 0.352 e. The first-order valence-corrected chi connectivity index (χ1v) is 10.9. The van der Waals surface area contributed by atoms with Gasteiger partial charge in [-0.15, -0.1) is 0 Å². The lowest BCUT2D eigenvalue weighted by Crippen LogP contribution is -2.52. The van der Waals surface area contributed by atoms with Crippen LogP contribution < -0.4 is 5.32 Å². The Morgan fingerprint density at radius 2 is 1.67 bits per heavy atom. The predicted molar refractivity (Wildman–Crippen MR) is 116 cm³/mol. The molecule has 5 heteroatoms. The quantitative estimate of drug-likeness (QED) is 0.690. The molecule has 2 aromatic carbocycles. The molecule has 0 spiro atoms. The van der Waals surface area contributed by atoms with Gasteiger partial charge in [-0.25, -0.2) is 4.39 Å². The van der Waals surface area contributed by atoms with Crippen molar-refractivity contribution in [1.29, 1.82) is 0 Å². The lowest BCUT2D eigenvalue weighted by Gasteiger charge is -2.33. The van der Waals surface area contributed by atoms with E-state index in [2.05, 4.69) is 5.32 Å². The number of carbonyl (C=O) groups is 2. The fourth-order valence-corrected chi connectivity index (χ4v) is 4.09. The zero-order chi connectivity index (χ0) is 21.3. The Morgan fingerprint density at radius 3 is 2.30 bits per heavy atom. The van der Waals surface area contributed by atoms with Gasteiger partial charge in [0.25, 0.3) is 0 Å². The van der Waals surface area contributed by atoms with Crippen LogP contribution in [0.1, 0.15) is 56.6 Å². The van der Waals surface area contributed by atoms with Crippen molar-refractivity contribution in [1.82, 2.24) is 10.2 Å². The van der Waals surface area contributed by atoms with Crippen molar-refractivity contribution in [2.45, 2.75) is 70.5 Å². The van der Waals surface area contributed by atoms with Gasteiger partial charge in [-0.1, -0.05) is 68.7 Å². The number of carbonyl (C=O) groups excluding carboxylic acids is 2. The molecule has 1 saturated carbocycles. The molecule has 1 atom stereocenters. The topological polar surface area (TPSA) is 49.4 Å².